The van der Waals surface area contributed by atoms with E-state index in [0.29, 0.717) is 5.92 Å². The summed E-state index contributed by atoms with van der Waals surface area (Å²) in [5, 5.41) is 2.88. The van der Waals surface area contributed by atoms with Gasteiger partial charge in [-0.25, -0.2) is 8.78 Å². The Kier molecular flexibility index (Phi) is 5.23. The third-order valence-corrected chi connectivity index (χ3v) is 4.59. The van der Waals surface area contributed by atoms with Crippen LogP contribution in [-0.2, 0) is 4.74 Å². The number of amides is 1. The van der Waals surface area contributed by atoms with Gasteiger partial charge in [0.15, 0.2) is 0 Å². The number of nitrogens with one attached hydrogen (secondary N) is 1. The van der Waals surface area contributed by atoms with Gasteiger partial charge in [0, 0.05) is 43.9 Å². The maximum Gasteiger partial charge on any atom is 0.251 e. The maximum absolute atomic E-state index is 13.2. The van der Waals surface area contributed by atoms with Crippen molar-refractivity contribution in [3.05, 3.63) is 35.4 Å². The summed E-state index contributed by atoms with van der Waals surface area (Å²) >= 11 is 0. The molecule has 0 saturated carbocycles. The second kappa shape index (κ2) is 7.36. The molecule has 4 nitrogen and oxygen atoms in total. The normalized spacial score (nSPS) is 23.1. The van der Waals surface area contributed by atoms with E-state index in [1.807, 2.05) is 0 Å². The first-order chi connectivity index (χ1) is 11.1. The lowest BCUT2D eigenvalue weighted by Crippen LogP contribution is -2.45. The first-order valence-corrected chi connectivity index (χ1v) is 8.17. The Bertz CT molecular complexity index is 533. The SMILES string of the molecule is O=C(NC1CCN(CC2CCOC2)CC1)c1cc(F)cc(F)c1. The molecule has 6 heteroatoms. The fraction of sp³-hybridized carbons (Fsp3) is 0.588. The summed E-state index contributed by atoms with van der Waals surface area (Å²) in [6, 6.07) is 2.95. The monoisotopic (exact) mass is 324 g/mol. The predicted octanol–water partition coefficient (Wildman–Crippen LogP) is 2.20. The number of carbonyl (C=O) groups excluding carboxylic acids is 1. The van der Waals surface area contributed by atoms with Crippen LogP contribution in [0.1, 0.15) is 29.6 Å². The van der Waals surface area contributed by atoms with Crippen LogP contribution in [0.4, 0.5) is 8.78 Å². The molecule has 2 saturated heterocycles. The molecule has 2 aliphatic heterocycles. The van der Waals surface area contributed by atoms with Crippen LogP contribution in [0, 0.1) is 17.6 Å². The van der Waals surface area contributed by atoms with Crippen molar-refractivity contribution in [2.45, 2.75) is 25.3 Å². The quantitative estimate of drug-likeness (QED) is 0.923. The molecule has 1 atom stereocenters. The molecule has 1 unspecified atom stereocenters. The fourth-order valence-corrected chi connectivity index (χ4v) is 3.31. The van der Waals surface area contributed by atoms with Gasteiger partial charge in [0.1, 0.15) is 11.6 Å². The van der Waals surface area contributed by atoms with E-state index < -0.39 is 17.5 Å². The highest BCUT2D eigenvalue weighted by molar-refractivity contribution is 5.94. The predicted molar refractivity (Wildman–Crippen MR) is 82.2 cm³/mol. The highest BCUT2D eigenvalue weighted by atomic mass is 19.1. The minimum atomic E-state index is -0.733. The average Bonchev–Trinajstić information content (AvgIpc) is 3.01. The number of carbonyl (C=O) groups is 1. The smallest absolute Gasteiger partial charge is 0.251 e. The molecule has 0 bridgehead atoms. The van der Waals surface area contributed by atoms with Gasteiger partial charge in [-0.1, -0.05) is 0 Å². The Hall–Kier alpha value is -1.53. The summed E-state index contributed by atoms with van der Waals surface area (Å²) in [7, 11) is 0. The van der Waals surface area contributed by atoms with Gasteiger partial charge in [0.25, 0.3) is 5.91 Å². The molecule has 0 aliphatic carbocycles. The van der Waals surface area contributed by atoms with Crippen molar-refractivity contribution in [1.29, 1.82) is 0 Å². The Labute approximate surface area is 134 Å². The zero-order valence-corrected chi connectivity index (χ0v) is 13.1. The molecule has 1 N–H and O–H groups in total. The van der Waals surface area contributed by atoms with Gasteiger partial charge in [-0.05, 0) is 37.3 Å². The number of hydrogen-bond donors (Lipinski definition) is 1. The van der Waals surface area contributed by atoms with Gasteiger partial charge in [-0.15, -0.1) is 0 Å². The van der Waals surface area contributed by atoms with Gasteiger partial charge in [-0.3, -0.25) is 4.79 Å². The van der Waals surface area contributed by atoms with Crippen LogP contribution in [0.3, 0.4) is 0 Å². The van der Waals surface area contributed by atoms with Crippen molar-refractivity contribution in [2.75, 3.05) is 32.8 Å². The molecule has 3 rings (SSSR count). The van der Waals surface area contributed by atoms with Crippen LogP contribution in [0.2, 0.25) is 0 Å². The lowest BCUT2D eigenvalue weighted by Gasteiger charge is -2.33. The van der Waals surface area contributed by atoms with Crippen molar-refractivity contribution in [1.82, 2.24) is 10.2 Å². The fourth-order valence-electron chi connectivity index (χ4n) is 3.31. The minimum absolute atomic E-state index is 0.0352. The van der Waals surface area contributed by atoms with Crippen molar-refractivity contribution in [3.8, 4) is 0 Å². The van der Waals surface area contributed by atoms with Crippen LogP contribution in [-0.4, -0.2) is 49.7 Å². The highest BCUT2D eigenvalue weighted by Crippen LogP contribution is 2.18. The van der Waals surface area contributed by atoms with E-state index >= 15 is 0 Å². The number of benzene rings is 1. The van der Waals surface area contributed by atoms with Gasteiger partial charge in [0.2, 0.25) is 0 Å². The Morgan fingerprint density at radius 1 is 1.17 bits per heavy atom. The first-order valence-electron chi connectivity index (χ1n) is 8.17. The van der Waals surface area contributed by atoms with Crippen molar-refractivity contribution >= 4 is 5.91 Å². The maximum atomic E-state index is 13.2. The molecule has 1 amide bonds. The molecule has 2 aliphatic rings. The number of nitrogens with zero attached hydrogens (tertiary/aromatic N) is 1. The van der Waals surface area contributed by atoms with Crippen LogP contribution < -0.4 is 5.32 Å². The van der Waals surface area contributed by atoms with Crippen LogP contribution in [0.15, 0.2) is 18.2 Å². The molecule has 0 aromatic heterocycles. The number of ether oxygens (including phenoxy) is 1. The Balaban J connectivity index is 1.47. The van der Waals surface area contributed by atoms with E-state index in [0.717, 1.165) is 70.3 Å². The zero-order chi connectivity index (χ0) is 16.2. The van der Waals surface area contributed by atoms with Crippen LogP contribution in [0.5, 0.6) is 0 Å². The molecule has 1 aromatic carbocycles. The molecule has 2 fully saturated rings. The number of halogens is 2. The largest absolute Gasteiger partial charge is 0.381 e. The number of hydrogen-bond acceptors (Lipinski definition) is 3. The van der Waals surface area contributed by atoms with Gasteiger partial charge < -0.3 is 15.0 Å². The Morgan fingerprint density at radius 3 is 2.48 bits per heavy atom. The molecule has 0 spiro atoms. The molecule has 0 radical (unpaired) electrons. The second-order valence-electron chi connectivity index (χ2n) is 6.44. The average molecular weight is 324 g/mol. The number of rotatable bonds is 4. The summed E-state index contributed by atoms with van der Waals surface area (Å²) in [6.07, 6.45) is 2.84. The Morgan fingerprint density at radius 2 is 1.87 bits per heavy atom. The van der Waals surface area contributed by atoms with E-state index in [1.165, 1.54) is 0 Å². The molecule has 2 heterocycles. The van der Waals surface area contributed by atoms with Gasteiger partial charge in [0.05, 0.1) is 6.61 Å². The van der Waals surface area contributed by atoms with E-state index in [2.05, 4.69) is 10.2 Å². The zero-order valence-electron chi connectivity index (χ0n) is 13.1. The molecule has 23 heavy (non-hydrogen) atoms. The first kappa shape index (κ1) is 16.3. The number of piperidine rings is 1. The summed E-state index contributed by atoms with van der Waals surface area (Å²) in [6.45, 7) is 4.62. The third kappa shape index (κ3) is 4.48. The third-order valence-electron chi connectivity index (χ3n) is 4.59. The lowest BCUT2D eigenvalue weighted by molar-refractivity contribution is 0.0902. The minimum Gasteiger partial charge on any atom is -0.381 e. The van der Waals surface area contributed by atoms with Crippen molar-refractivity contribution in [2.24, 2.45) is 5.92 Å². The molecule has 1 aromatic rings. The molecular weight excluding hydrogens is 302 g/mol. The standard InChI is InChI=1S/C17H22F2N2O2/c18-14-7-13(8-15(19)9-14)17(22)20-16-1-4-21(5-2-16)10-12-3-6-23-11-12/h7-9,12,16H,1-6,10-11H2,(H,20,22). The van der Waals surface area contributed by atoms with E-state index in [4.69, 9.17) is 4.74 Å². The molecule has 126 valence electrons. The summed E-state index contributed by atoms with van der Waals surface area (Å²) in [4.78, 5) is 14.5. The number of likely N-dealkylation sites (tertiary alicyclic amines) is 1. The van der Waals surface area contributed by atoms with Crippen LogP contribution in [0.25, 0.3) is 0 Å². The van der Waals surface area contributed by atoms with Gasteiger partial charge >= 0.3 is 0 Å². The summed E-state index contributed by atoms with van der Waals surface area (Å²) in [5.41, 5.74) is 0.0352. The van der Waals surface area contributed by atoms with E-state index in [9.17, 15) is 13.6 Å². The molecular formula is C17H22F2N2O2. The van der Waals surface area contributed by atoms with Crippen molar-refractivity contribution < 1.29 is 18.3 Å². The highest BCUT2D eigenvalue weighted by Gasteiger charge is 2.25. The van der Waals surface area contributed by atoms with Gasteiger partial charge in [-0.2, -0.15) is 0 Å². The second-order valence-corrected chi connectivity index (χ2v) is 6.44. The van der Waals surface area contributed by atoms with E-state index in [-0.39, 0.29) is 11.6 Å². The summed E-state index contributed by atoms with van der Waals surface area (Å²) < 4.78 is 31.7. The topological polar surface area (TPSA) is 41.6 Å². The van der Waals surface area contributed by atoms with E-state index in [1.54, 1.807) is 0 Å². The lowest BCUT2D eigenvalue weighted by atomic mass is 10.0. The van der Waals surface area contributed by atoms with Crippen molar-refractivity contribution in [3.63, 3.8) is 0 Å². The van der Waals surface area contributed by atoms with Crippen LogP contribution >= 0.6 is 0 Å². The summed E-state index contributed by atoms with van der Waals surface area (Å²) in [5.74, 6) is -1.25.